The monoisotopic (exact) mass is 399 g/mol. The molecule has 0 spiro atoms. The molecule has 0 saturated heterocycles. The van der Waals surface area contributed by atoms with Gasteiger partial charge >= 0.3 is 0 Å². The second-order valence-electron chi connectivity index (χ2n) is 5.28. The lowest BCUT2D eigenvalue weighted by atomic mass is 10.1. The molecule has 0 heterocycles. The summed E-state index contributed by atoms with van der Waals surface area (Å²) >= 11 is 2.42. The molecule has 0 aliphatic rings. The van der Waals surface area contributed by atoms with Crippen molar-refractivity contribution in [3.63, 3.8) is 0 Å². The number of anilines is 1. The highest BCUT2D eigenvalue weighted by Crippen LogP contribution is 2.25. The maximum Gasteiger partial charge on any atom is 0.0507 e. The van der Waals surface area contributed by atoms with Gasteiger partial charge in [0.05, 0.1) is 5.69 Å². The molecule has 110 valence electrons. The van der Waals surface area contributed by atoms with Crippen LogP contribution in [0.3, 0.4) is 0 Å². The Balaban J connectivity index is 1.90. The van der Waals surface area contributed by atoms with E-state index in [0.717, 1.165) is 13.1 Å². The lowest BCUT2D eigenvalue weighted by molar-refractivity contribution is 0.797. The Morgan fingerprint density at radius 2 is 1.05 bits per heavy atom. The Kier molecular flexibility index (Phi) is 5.11. The van der Waals surface area contributed by atoms with Crippen LogP contribution in [0.25, 0.3) is 0 Å². The molecule has 3 aromatic carbocycles. The van der Waals surface area contributed by atoms with E-state index in [2.05, 4.69) is 112 Å². The number of hydrogen-bond acceptors (Lipinski definition) is 1. The summed E-state index contributed by atoms with van der Waals surface area (Å²) in [4.78, 5) is 2.44. The van der Waals surface area contributed by atoms with Crippen LogP contribution in [-0.2, 0) is 13.1 Å². The largest absolute Gasteiger partial charge is 0.362 e. The van der Waals surface area contributed by atoms with Crippen molar-refractivity contribution in [2.24, 2.45) is 0 Å². The minimum Gasteiger partial charge on any atom is -0.362 e. The van der Waals surface area contributed by atoms with Crippen LogP contribution in [0.1, 0.15) is 11.1 Å². The summed E-state index contributed by atoms with van der Waals surface area (Å²) in [6, 6.07) is 29.9. The highest BCUT2D eigenvalue weighted by atomic mass is 127. The number of benzene rings is 3. The molecule has 1 nitrogen and oxygen atoms in total. The molecular formula is C20H18IN. The van der Waals surface area contributed by atoms with Crippen LogP contribution in [0.2, 0.25) is 0 Å². The molecule has 2 heteroatoms. The highest BCUT2D eigenvalue weighted by molar-refractivity contribution is 14.1. The minimum absolute atomic E-state index is 0.912. The molecule has 0 N–H and O–H groups in total. The molecule has 0 aromatic heterocycles. The molecule has 0 fully saturated rings. The van der Waals surface area contributed by atoms with E-state index in [1.807, 2.05) is 0 Å². The van der Waals surface area contributed by atoms with Crippen LogP contribution in [0.5, 0.6) is 0 Å². The molecule has 0 bridgehead atoms. The topological polar surface area (TPSA) is 3.24 Å². The number of halogens is 1. The Morgan fingerprint density at radius 1 is 0.591 bits per heavy atom. The van der Waals surface area contributed by atoms with Crippen LogP contribution < -0.4 is 4.90 Å². The van der Waals surface area contributed by atoms with Crippen molar-refractivity contribution in [3.8, 4) is 0 Å². The first-order valence-electron chi connectivity index (χ1n) is 7.40. The zero-order chi connectivity index (χ0) is 15.2. The van der Waals surface area contributed by atoms with Gasteiger partial charge in [-0.15, -0.1) is 0 Å². The lowest BCUT2D eigenvalue weighted by Crippen LogP contribution is -2.22. The summed E-state index contributed by atoms with van der Waals surface area (Å²) < 4.78 is 1.28. The summed E-state index contributed by atoms with van der Waals surface area (Å²) in [6.07, 6.45) is 0. The SMILES string of the molecule is Ic1ccccc1N(Cc1ccccc1)Cc1ccccc1. The Morgan fingerprint density at radius 3 is 1.55 bits per heavy atom. The van der Waals surface area contributed by atoms with Crippen molar-refractivity contribution in [1.82, 2.24) is 0 Å². The van der Waals surface area contributed by atoms with Gasteiger partial charge in [0.25, 0.3) is 0 Å². The van der Waals surface area contributed by atoms with Crippen LogP contribution in [-0.4, -0.2) is 0 Å². The van der Waals surface area contributed by atoms with Crippen molar-refractivity contribution in [2.75, 3.05) is 4.90 Å². The molecular weight excluding hydrogens is 381 g/mol. The molecule has 0 atom stereocenters. The van der Waals surface area contributed by atoms with Crippen molar-refractivity contribution in [2.45, 2.75) is 13.1 Å². The average Bonchev–Trinajstić information content (AvgIpc) is 2.57. The van der Waals surface area contributed by atoms with Crippen molar-refractivity contribution in [1.29, 1.82) is 0 Å². The smallest absolute Gasteiger partial charge is 0.0507 e. The average molecular weight is 399 g/mol. The predicted octanol–water partition coefficient (Wildman–Crippen LogP) is 5.50. The Hall–Kier alpha value is -1.81. The number of para-hydroxylation sites is 1. The van der Waals surface area contributed by atoms with Crippen LogP contribution in [0.15, 0.2) is 84.9 Å². The van der Waals surface area contributed by atoms with E-state index in [1.54, 1.807) is 0 Å². The first-order valence-corrected chi connectivity index (χ1v) is 8.48. The maximum absolute atomic E-state index is 2.44. The zero-order valence-electron chi connectivity index (χ0n) is 12.3. The molecule has 0 unspecified atom stereocenters. The highest BCUT2D eigenvalue weighted by Gasteiger charge is 2.11. The van der Waals surface area contributed by atoms with E-state index in [4.69, 9.17) is 0 Å². The second-order valence-corrected chi connectivity index (χ2v) is 6.44. The van der Waals surface area contributed by atoms with Gasteiger partial charge in [0, 0.05) is 16.7 Å². The summed E-state index contributed by atoms with van der Waals surface area (Å²) in [5.74, 6) is 0. The van der Waals surface area contributed by atoms with E-state index < -0.39 is 0 Å². The van der Waals surface area contributed by atoms with Crippen LogP contribution >= 0.6 is 22.6 Å². The van der Waals surface area contributed by atoms with Gasteiger partial charge in [-0.3, -0.25) is 0 Å². The molecule has 0 amide bonds. The number of nitrogens with zero attached hydrogens (tertiary/aromatic N) is 1. The predicted molar refractivity (Wildman–Crippen MR) is 102 cm³/mol. The van der Waals surface area contributed by atoms with Gasteiger partial charge in [-0.2, -0.15) is 0 Å². The Labute approximate surface area is 145 Å². The van der Waals surface area contributed by atoms with Crippen molar-refractivity contribution >= 4 is 28.3 Å². The number of rotatable bonds is 5. The first-order chi connectivity index (χ1) is 10.8. The van der Waals surface area contributed by atoms with Gasteiger partial charge in [0.15, 0.2) is 0 Å². The Bertz CT molecular complexity index is 669. The third-order valence-electron chi connectivity index (χ3n) is 3.63. The van der Waals surface area contributed by atoms with E-state index >= 15 is 0 Å². The molecule has 0 saturated carbocycles. The van der Waals surface area contributed by atoms with E-state index in [-0.39, 0.29) is 0 Å². The van der Waals surface area contributed by atoms with Gasteiger partial charge in [-0.05, 0) is 45.9 Å². The quantitative estimate of drug-likeness (QED) is 0.513. The summed E-state index contributed by atoms with van der Waals surface area (Å²) in [5, 5.41) is 0. The van der Waals surface area contributed by atoms with Crippen LogP contribution in [0, 0.1) is 3.57 Å². The van der Waals surface area contributed by atoms with E-state index in [9.17, 15) is 0 Å². The molecule has 0 aliphatic carbocycles. The van der Waals surface area contributed by atoms with Crippen molar-refractivity contribution in [3.05, 3.63) is 99.6 Å². The van der Waals surface area contributed by atoms with Gasteiger partial charge < -0.3 is 4.90 Å². The standard InChI is InChI=1S/C20H18IN/c21-19-13-7-8-14-20(19)22(15-17-9-3-1-4-10-17)16-18-11-5-2-6-12-18/h1-14H,15-16H2. The van der Waals surface area contributed by atoms with Gasteiger partial charge in [0.1, 0.15) is 0 Å². The molecule has 22 heavy (non-hydrogen) atoms. The second kappa shape index (κ2) is 7.45. The molecule has 0 aliphatic heterocycles. The summed E-state index contributed by atoms with van der Waals surface area (Å²) in [7, 11) is 0. The maximum atomic E-state index is 2.44. The summed E-state index contributed by atoms with van der Waals surface area (Å²) in [6.45, 7) is 1.82. The summed E-state index contributed by atoms with van der Waals surface area (Å²) in [5.41, 5.74) is 3.95. The van der Waals surface area contributed by atoms with E-state index in [1.165, 1.54) is 20.4 Å². The lowest BCUT2D eigenvalue weighted by Gasteiger charge is -2.26. The fourth-order valence-electron chi connectivity index (χ4n) is 2.54. The van der Waals surface area contributed by atoms with Gasteiger partial charge in [-0.25, -0.2) is 0 Å². The van der Waals surface area contributed by atoms with Gasteiger partial charge in [-0.1, -0.05) is 72.8 Å². The fourth-order valence-corrected chi connectivity index (χ4v) is 3.27. The minimum atomic E-state index is 0.912. The molecule has 3 aromatic rings. The molecule has 0 radical (unpaired) electrons. The molecule has 3 rings (SSSR count). The number of hydrogen-bond donors (Lipinski definition) is 0. The zero-order valence-corrected chi connectivity index (χ0v) is 14.5. The first kappa shape index (κ1) is 15.1. The van der Waals surface area contributed by atoms with Gasteiger partial charge in [0.2, 0.25) is 0 Å². The van der Waals surface area contributed by atoms with Crippen molar-refractivity contribution < 1.29 is 0 Å². The fraction of sp³-hybridized carbons (Fsp3) is 0.100. The van der Waals surface area contributed by atoms with Crippen LogP contribution in [0.4, 0.5) is 5.69 Å². The van der Waals surface area contributed by atoms with E-state index in [0.29, 0.717) is 0 Å². The normalized spacial score (nSPS) is 10.4. The third kappa shape index (κ3) is 3.89. The third-order valence-corrected chi connectivity index (χ3v) is 4.54.